The Morgan fingerprint density at radius 2 is 2.27 bits per heavy atom. The summed E-state index contributed by atoms with van der Waals surface area (Å²) in [6, 6.07) is 0. The fourth-order valence-corrected chi connectivity index (χ4v) is 1.11. The molecule has 0 fully saturated rings. The van der Waals surface area contributed by atoms with Crippen LogP contribution in [0.2, 0.25) is 0 Å². The molecule has 0 spiro atoms. The Labute approximate surface area is 90.9 Å². The van der Waals surface area contributed by atoms with Crippen LogP contribution in [0.15, 0.2) is 11.3 Å². The van der Waals surface area contributed by atoms with E-state index in [0.29, 0.717) is 5.92 Å². The van der Waals surface area contributed by atoms with Crippen molar-refractivity contribution in [3.8, 4) is 0 Å². The van der Waals surface area contributed by atoms with Crippen molar-refractivity contribution in [3.63, 3.8) is 0 Å². The van der Waals surface area contributed by atoms with Crippen molar-refractivity contribution in [2.45, 2.75) is 27.2 Å². The zero-order chi connectivity index (χ0) is 11.3. The zero-order valence-electron chi connectivity index (χ0n) is 9.78. The number of aliphatic imine (C=N–C) groups is 1. The van der Waals surface area contributed by atoms with Crippen LogP contribution in [0.25, 0.3) is 0 Å². The molecule has 1 unspecified atom stereocenters. The number of hydrogen-bond donors (Lipinski definition) is 1. The largest absolute Gasteiger partial charge is 0.371 e. The molecule has 1 atom stereocenters. The van der Waals surface area contributed by atoms with Crippen molar-refractivity contribution in [2.75, 3.05) is 12.4 Å². The highest BCUT2D eigenvalue weighted by Gasteiger charge is 2.04. The predicted molar refractivity (Wildman–Crippen MR) is 63.9 cm³/mol. The first kappa shape index (κ1) is 11.6. The van der Waals surface area contributed by atoms with Gasteiger partial charge >= 0.3 is 0 Å². The van der Waals surface area contributed by atoms with E-state index in [1.165, 1.54) is 0 Å². The third-order valence-corrected chi connectivity index (χ3v) is 2.34. The molecule has 0 amide bonds. The minimum atomic E-state index is 0.481. The van der Waals surface area contributed by atoms with E-state index >= 15 is 0 Å². The van der Waals surface area contributed by atoms with E-state index in [9.17, 15) is 0 Å². The molecule has 4 heteroatoms. The van der Waals surface area contributed by atoms with E-state index in [1.807, 2.05) is 20.2 Å². The summed E-state index contributed by atoms with van der Waals surface area (Å²) in [5.41, 5.74) is 1.73. The summed E-state index contributed by atoms with van der Waals surface area (Å²) in [6.07, 6.45) is 4.58. The van der Waals surface area contributed by atoms with Crippen LogP contribution in [0, 0.1) is 12.8 Å². The van der Waals surface area contributed by atoms with Crippen molar-refractivity contribution in [3.05, 3.63) is 12.0 Å². The van der Waals surface area contributed by atoms with Crippen molar-refractivity contribution in [1.29, 1.82) is 0 Å². The van der Waals surface area contributed by atoms with Gasteiger partial charge < -0.3 is 5.32 Å². The highest BCUT2D eigenvalue weighted by molar-refractivity contribution is 5.72. The number of anilines is 1. The Hall–Kier alpha value is -1.45. The molecule has 0 aliphatic carbocycles. The Morgan fingerprint density at radius 3 is 2.87 bits per heavy atom. The molecule has 0 aliphatic rings. The van der Waals surface area contributed by atoms with Crippen LogP contribution in [0.4, 0.5) is 11.5 Å². The van der Waals surface area contributed by atoms with E-state index in [4.69, 9.17) is 0 Å². The molecule has 82 valence electrons. The summed E-state index contributed by atoms with van der Waals surface area (Å²) >= 11 is 0. The van der Waals surface area contributed by atoms with Gasteiger partial charge in [0.25, 0.3) is 0 Å². The van der Waals surface area contributed by atoms with Gasteiger partial charge in [0.2, 0.25) is 0 Å². The lowest BCUT2D eigenvalue weighted by atomic mass is 10.1. The van der Waals surface area contributed by atoms with E-state index in [-0.39, 0.29) is 0 Å². The highest BCUT2D eigenvalue weighted by Crippen LogP contribution is 2.24. The molecule has 1 aromatic heterocycles. The maximum Gasteiger partial charge on any atom is 0.155 e. The van der Waals surface area contributed by atoms with Gasteiger partial charge in [0.05, 0.1) is 5.69 Å². The second kappa shape index (κ2) is 5.44. The average molecular weight is 206 g/mol. The quantitative estimate of drug-likeness (QED) is 0.770. The third-order valence-electron chi connectivity index (χ3n) is 2.34. The van der Waals surface area contributed by atoms with Gasteiger partial charge in [-0.05, 0) is 19.3 Å². The van der Waals surface area contributed by atoms with E-state index in [2.05, 4.69) is 34.1 Å². The van der Waals surface area contributed by atoms with Crippen molar-refractivity contribution in [1.82, 2.24) is 9.97 Å². The average Bonchev–Trinajstić information content (AvgIpc) is 2.26. The highest BCUT2D eigenvalue weighted by atomic mass is 15.0. The van der Waals surface area contributed by atoms with Gasteiger partial charge in [-0.15, -0.1) is 0 Å². The topological polar surface area (TPSA) is 50.2 Å². The molecular weight excluding hydrogens is 188 g/mol. The summed E-state index contributed by atoms with van der Waals surface area (Å²) in [6.45, 7) is 6.22. The van der Waals surface area contributed by atoms with Gasteiger partial charge in [-0.25, -0.2) is 9.97 Å². The number of nitrogens with zero attached hydrogens (tertiary/aromatic N) is 3. The fraction of sp³-hybridized carbons (Fsp3) is 0.545. The first-order valence-electron chi connectivity index (χ1n) is 5.22. The number of rotatable bonds is 4. The van der Waals surface area contributed by atoms with Crippen LogP contribution >= 0.6 is 0 Å². The van der Waals surface area contributed by atoms with Crippen LogP contribution in [-0.2, 0) is 0 Å². The Morgan fingerprint density at radius 1 is 1.53 bits per heavy atom. The first-order chi connectivity index (χ1) is 7.19. The second-order valence-corrected chi connectivity index (χ2v) is 3.57. The van der Waals surface area contributed by atoms with Crippen LogP contribution in [0.5, 0.6) is 0 Å². The summed E-state index contributed by atoms with van der Waals surface area (Å²) in [5.74, 6) is 1.26. The monoisotopic (exact) mass is 206 g/mol. The minimum absolute atomic E-state index is 0.481. The van der Waals surface area contributed by atoms with E-state index in [1.54, 1.807) is 6.33 Å². The van der Waals surface area contributed by atoms with E-state index < -0.39 is 0 Å². The molecule has 0 bridgehead atoms. The normalized spacial score (nSPS) is 13.1. The summed E-state index contributed by atoms with van der Waals surface area (Å²) in [5, 5.41) is 3.01. The molecule has 1 aromatic rings. The Bertz CT molecular complexity index is 346. The molecule has 0 radical (unpaired) electrons. The van der Waals surface area contributed by atoms with Gasteiger partial charge in [0.15, 0.2) is 5.82 Å². The fourth-order valence-electron chi connectivity index (χ4n) is 1.11. The molecule has 0 saturated heterocycles. The van der Waals surface area contributed by atoms with Crippen LogP contribution < -0.4 is 5.32 Å². The second-order valence-electron chi connectivity index (χ2n) is 3.57. The Kier molecular flexibility index (Phi) is 4.21. The molecule has 1 N–H and O–H groups in total. The third kappa shape index (κ3) is 3.01. The standard InChI is InChI=1S/C11H18N4/c1-5-8(2)6-13-10-9(3)14-7-15-11(10)12-4/h6-8H,5H2,1-4H3,(H,12,14,15). The maximum atomic E-state index is 4.43. The number of hydrogen-bond acceptors (Lipinski definition) is 4. The summed E-state index contributed by atoms with van der Waals surface area (Å²) in [7, 11) is 1.84. The van der Waals surface area contributed by atoms with Crippen LogP contribution in [0.3, 0.4) is 0 Å². The van der Waals surface area contributed by atoms with Crippen LogP contribution in [0.1, 0.15) is 26.0 Å². The van der Waals surface area contributed by atoms with Gasteiger partial charge in [-0.1, -0.05) is 13.8 Å². The molecule has 0 saturated carbocycles. The lowest BCUT2D eigenvalue weighted by Crippen LogP contribution is -1.97. The smallest absolute Gasteiger partial charge is 0.155 e. The van der Waals surface area contributed by atoms with Gasteiger partial charge in [-0.2, -0.15) is 0 Å². The SMILES string of the molecule is CCC(C)C=Nc1c(C)ncnc1NC. The summed E-state index contributed by atoms with van der Waals surface area (Å²) in [4.78, 5) is 12.7. The van der Waals surface area contributed by atoms with E-state index in [0.717, 1.165) is 23.6 Å². The van der Waals surface area contributed by atoms with Crippen molar-refractivity contribution >= 4 is 17.7 Å². The number of aryl methyl sites for hydroxylation is 1. The minimum Gasteiger partial charge on any atom is -0.371 e. The zero-order valence-corrected chi connectivity index (χ0v) is 9.78. The lowest BCUT2D eigenvalue weighted by Gasteiger charge is -2.06. The first-order valence-corrected chi connectivity index (χ1v) is 5.22. The molecule has 1 rings (SSSR count). The maximum absolute atomic E-state index is 4.43. The van der Waals surface area contributed by atoms with Gasteiger partial charge in [0, 0.05) is 13.3 Å². The molecule has 15 heavy (non-hydrogen) atoms. The van der Waals surface area contributed by atoms with Crippen molar-refractivity contribution < 1.29 is 0 Å². The number of nitrogens with one attached hydrogen (secondary N) is 1. The van der Waals surface area contributed by atoms with Gasteiger partial charge in [-0.3, -0.25) is 4.99 Å². The molecule has 1 heterocycles. The molecular formula is C11H18N4. The summed E-state index contributed by atoms with van der Waals surface area (Å²) < 4.78 is 0. The molecule has 0 aromatic carbocycles. The molecule has 0 aliphatic heterocycles. The number of aromatic nitrogens is 2. The van der Waals surface area contributed by atoms with Crippen molar-refractivity contribution in [2.24, 2.45) is 10.9 Å². The van der Waals surface area contributed by atoms with Gasteiger partial charge in [0.1, 0.15) is 12.0 Å². The molecule has 4 nitrogen and oxygen atoms in total. The lowest BCUT2D eigenvalue weighted by molar-refractivity contribution is 0.754. The predicted octanol–water partition coefficient (Wildman–Crippen LogP) is 2.58. The van der Waals surface area contributed by atoms with Crippen LogP contribution in [-0.4, -0.2) is 23.2 Å². The Balaban J connectivity index is 2.97.